The van der Waals surface area contributed by atoms with Crippen LogP contribution < -0.4 is 15.4 Å². The molecule has 0 aliphatic carbocycles. The Bertz CT molecular complexity index is 1060. The zero-order chi connectivity index (χ0) is 22.5. The predicted octanol–water partition coefficient (Wildman–Crippen LogP) is 3.93. The van der Waals surface area contributed by atoms with Gasteiger partial charge in [0.05, 0.1) is 35.5 Å². The van der Waals surface area contributed by atoms with Crippen molar-refractivity contribution in [2.24, 2.45) is 0 Å². The van der Waals surface area contributed by atoms with Crippen LogP contribution in [-0.2, 0) is 11.3 Å². The van der Waals surface area contributed by atoms with E-state index in [1.165, 1.54) is 0 Å². The van der Waals surface area contributed by atoms with E-state index in [9.17, 15) is 4.79 Å². The fourth-order valence-electron chi connectivity index (χ4n) is 4.01. The predicted molar refractivity (Wildman–Crippen MR) is 124 cm³/mol. The van der Waals surface area contributed by atoms with Gasteiger partial charge >= 0.3 is 0 Å². The highest BCUT2D eigenvalue weighted by atomic mass is 16.5. The molecule has 0 spiro atoms. The lowest BCUT2D eigenvalue weighted by Crippen LogP contribution is -2.31. The van der Waals surface area contributed by atoms with Crippen molar-refractivity contribution in [1.82, 2.24) is 20.1 Å². The summed E-state index contributed by atoms with van der Waals surface area (Å²) in [5, 5.41) is 12.0. The van der Waals surface area contributed by atoms with Crippen molar-refractivity contribution < 1.29 is 14.3 Å². The van der Waals surface area contributed by atoms with E-state index < -0.39 is 0 Å². The molecule has 1 aliphatic rings. The number of carbonyl (C=O) groups excluding carboxylic acids is 1. The highest BCUT2D eigenvalue weighted by Gasteiger charge is 2.23. The lowest BCUT2D eigenvalue weighted by molar-refractivity contribution is 0.0903. The molecule has 3 aromatic rings. The van der Waals surface area contributed by atoms with Crippen LogP contribution in [0.4, 0.5) is 5.69 Å². The van der Waals surface area contributed by atoms with Crippen LogP contribution in [0.15, 0.2) is 36.7 Å². The lowest BCUT2D eigenvalue weighted by Gasteiger charge is -2.26. The van der Waals surface area contributed by atoms with E-state index in [2.05, 4.69) is 20.7 Å². The second-order valence-electron chi connectivity index (χ2n) is 7.97. The molecule has 2 aromatic heterocycles. The molecule has 1 aromatic carbocycles. The molecule has 3 heterocycles. The average molecular weight is 438 g/mol. The number of anilines is 1. The Kier molecular flexibility index (Phi) is 6.90. The van der Waals surface area contributed by atoms with E-state index in [1.54, 1.807) is 12.4 Å². The summed E-state index contributed by atoms with van der Waals surface area (Å²) in [5.41, 5.74) is 3.10. The number of fused-ring (bicyclic) bond motifs is 1. The summed E-state index contributed by atoms with van der Waals surface area (Å²) in [7, 11) is 0. The van der Waals surface area contributed by atoms with Gasteiger partial charge in [0, 0.05) is 32.0 Å². The van der Waals surface area contributed by atoms with Gasteiger partial charge in [-0.1, -0.05) is 12.1 Å². The van der Waals surface area contributed by atoms with E-state index in [-0.39, 0.29) is 18.0 Å². The number of aryl methyl sites for hydroxylation is 1. The minimum absolute atomic E-state index is 0.164. The third-order valence-electron chi connectivity index (χ3n) is 5.82. The lowest BCUT2D eigenvalue weighted by atomic mass is 10.1. The number of aromatic nitrogens is 3. The van der Waals surface area contributed by atoms with Crippen LogP contribution in [0.3, 0.4) is 0 Å². The van der Waals surface area contributed by atoms with Crippen LogP contribution in [0, 0.1) is 0 Å². The summed E-state index contributed by atoms with van der Waals surface area (Å²) >= 11 is 0. The largest absolute Gasteiger partial charge is 0.494 e. The first-order valence-electron chi connectivity index (χ1n) is 11.3. The van der Waals surface area contributed by atoms with E-state index in [4.69, 9.17) is 9.47 Å². The van der Waals surface area contributed by atoms with Gasteiger partial charge in [0.25, 0.3) is 5.91 Å². The normalized spacial score (nSPS) is 15.5. The Labute approximate surface area is 188 Å². The van der Waals surface area contributed by atoms with Crippen molar-refractivity contribution >= 4 is 22.6 Å². The van der Waals surface area contributed by atoms with Gasteiger partial charge in [0.2, 0.25) is 0 Å². The number of rotatable bonds is 8. The molecule has 4 rings (SSSR count). The first-order chi connectivity index (χ1) is 15.6. The fourth-order valence-corrected chi connectivity index (χ4v) is 4.01. The van der Waals surface area contributed by atoms with Gasteiger partial charge in [-0.25, -0.2) is 9.67 Å². The second-order valence-corrected chi connectivity index (χ2v) is 7.97. The first kappa shape index (κ1) is 22.1. The molecule has 0 bridgehead atoms. The number of benzene rings is 1. The topological polar surface area (TPSA) is 90.3 Å². The van der Waals surface area contributed by atoms with Gasteiger partial charge in [-0.3, -0.25) is 4.79 Å². The maximum absolute atomic E-state index is 13.3. The molecule has 1 atom stereocenters. The van der Waals surface area contributed by atoms with Gasteiger partial charge < -0.3 is 20.1 Å². The monoisotopic (exact) mass is 437 g/mol. The van der Waals surface area contributed by atoms with Crippen LogP contribution in [0.5, 0.6) is 5.75 Å². The molecule has 1 fully saturated rings. The Hall–Kier alpha value is -3.13. The molecule has 1 amide bonds. The summed E-state index contributed by atoms with van der Waals surface area (Å²) in [4.78, 5) is 17.9. The molecule has 8 nitrogen and oxygen atoms in total. The number of pyridine rings is 1. The summed E-state index contributed by atoms with van der Waals surface area (Å²) in [6, 6.07) is 7.88. The smallest absolute Gasteiger partial charge is 0.255 e. The van der Waals surface area contributed by atoms with Crippen molar-refractivity contribution in [1.29, 1.82) is 0 Å². The van der Waals surface area contributed by atoms with Crippen LogP contribution in [0.2, 0.25) is 0 Å². The molecule has 0 saturated carbocycles. The molecular weight excluding hydrogens is 406 g/mol. The Balaban J connectivity index is 1.60. The summed E-state index contributed by atoms with van der Waals surface area (Å²) in [5.74, 6) is 0.653. The molecule has 8 heteroatoms. The van der Waals surface area contributed by atoms with Gasteiger partial charge in [0.1, 0.15) is 5.75 Å². The molecule has 1 saturated heterocycles. The summed E-state index contributed by atoms with van der Waals surface area (Å²) in [6.07, 6.45) is 5.24. The highest BCUT2D eigenvalue weighted by molar-refractivity contribution is 6.06. The molecule has 1 aliphatic heterocycles. The van der Waals surface area contributed by atoms with Crippen molar-refractivity contribution in [3.8, 4) is 5.75 Å². The first-order valence-corrected chi connectivity index (χ1v) is 11.3. The second kappa shape index (κ2) is 9.99. The Morgan fingerprint density at radius 3 is 2.66 bits per heavy atom. The summed E-state index contributed by atoms with van der Waals surface area (Å²) in [6.45, 7) is 8.73. The SMILES string of the molecule is CCOc1ccc(C(C)NC(=O)c2cnc3c(cnn3CC)c2NC2CCOCC2)cc1. The average Bonchev–Trinajstić information content (AvgIpc) is 3.24. The quantitative estimate of drug-likeness (QED) is 0.555. The number of carbonyl (C=O) groups is 1. The summed E-state index contributed by atoms with van der Waals surface area (Å²) < 4.78 is 12.8. The van der Waals surface area contributed by atoms with Crippen molar-refractivity contribution in [2.75, 3.05) is 25.1 Å². The minimum atomic E-state index is -0.167. The van der Waals surface area contributed by atoms with Crippen LogP contribution in [0.25, 0.3) is 11.0 Å². The van der Waals surface area contributed by atoms with E-state index in [0.717, 1.165) is 54.1 Å². The van der Waals surface area contributed by atoms with Gasteiger partial charge in [0.15, 0.2) is 5.65 Å². The van der Waals surface area contributed by atoms with Crippen molar-refractivity contribution in [2.45, 2.75) is 52.2 Å². The van der Waals surface area contributed by atoms with Crippen molar-refractivity contribution in [3.05, 3.63) is 47.8 Å². The Morgan fingerprint density at radius 1 is 1.22 bits per heavy atom. The van der Waals surface area contributed by atoms with Crippen LogP contribution in [0.1, 0.15) is 55.6 Å². The van der Waals surface area contributed by atoms with E-state index >= 15 is 0 Å². The molecular formula is C24H31N5O3. The Morgan fingerprint density at radius 2 is 1.97 bits per heavy atom. The molecule has 0 radical (unpaired) electrons. The number of hydrogen-bond acceptors (Lipinski definition) is 6. The number of ether oxygens (including phenoxy) is 2. The van der Waals surface area contributed by atoms with Gasteiger partial charge in [-0.15, -0.1) is 0 Å². The maximum Gasteiger partial charge on any atom is 0.255 e. The van der Waals surface area contributed by atoms with Gasteiger partial charge in [-0.05, 0) is 51.3 Å². The number of amides is 1. The number of hydrogen-bond donors (Lipinski definition) is 2. The molecule has 1 unspecified atom stereocenters. The minimum Gasteiger partial charge on any atom is -0.494 e. The zero-order valence-electron chi connectivity index (χ0n) is 18.9. The molecule has 32 heavy (non-hydrogen) atoms. The van der Waals surface area contributed by atoms with Gasteiger partial charge in [-0.2, -0.15) is 5.10 Å². The third kappa shape index (κ3) is 4.70. The van der Waals surface area contributed by atoms with E-state index in [1.807, 2.05) is 49.7 Å². The zero-order valence-corrected chi connectivity index (χ0v) is 18.9. The maximum atomic E-state index is 13.3. The fraction of sp³-hybridized carbons (Fsp3) is 0.458. The highest BCUT2D eigenvalue weighted by Crippen LogP contribution is 2.29. The van der Waals surface area contributed by atoms with E-state index in [0.29, 0.717) is 18.7 Å². The third-order valence-corrected chi connectivity index (χ3v) is 5.82. The standard InChI is InChI=1S/C24H31N5O3/c1-4-29-23-20(15-26-29)22(28-18-10-12-31-13-11-18)21(14-25-23)24(30)27-16(3)17-6-8-19(9-7-17)32-5-2/h6-9,14-16,18H,4-5,10-13H2,1-3H3,(H,25,28)(H,27,30). The number of nitrogens with zero attached hydrogens (tertiary/aromatic N) is 3. The van der Waals surface area contributed by atoms with Crippen LogP contribution in [-0.4, -0.2) is 46.5 Å². The van der Waals surface area contributed by atoms with Crippen LogP contribution >= 0.6 is 0 Å². The van der Waals surface area contributed by atoms with Crippen molar-refractivity contribution in [3.63, 3.8) is 0 Å². The molecule has 170 valence electrons. The number of nitrogens with one attached hydrogen (secondary N) is 2. The molecule has 2 N–H and O–H groups in total.